The van der Waals surface area contributed by atoms with E-state index in [0.717, 1.165) is 0 Å². The number of phenolic OH excluding ortho intramolecular Hbond substituents is 1. The predicted octanol–water partition coefficient (Wildman–Crippen LogP) is 3.49. The first-order chi connectivity index (χ1) is 11.2. The Kier molecular flexibility index (Phi) is 3.96. The number of carbonyl (C=O) groups excluding carboxylic acids is 1. The van der Waals surface area contributed by atoms with Crippen LogP contribution in [0.5, 0.6) is 5.75 Å². The Morgan fingerprint density at radius 3 is 1.74 bits per heavy atom. The van der Waals surface area contributed by atoms with E-state index in [0.29, 0.717) is 17.4 Å². The fraction of sp³-hybridized carbons (Fsp3) is 0.0500. The van der Waals surface area contributed by atoms with Crippen molar-refractivity contribution in [2.24, 2.45) is 0 Å². The number of para-hydroxylation sites is 1. The van der Waals surface area contributed by atoms with E-state index in [2.05, 4.69) is 0 Å². The summed E-state index contributed by atoms with van der Waals surface area (Å²) in [6, 6.07) is 23.0. The summed E-state index contributed by atoms with van der Waals surface area (Å²) >= 11 is 0. The van der Waals surface area contributed by atoms with Crippen LogP contribution in [0.4, 0.5) is 0 Å². The molecule has 3 aromatic rings. The number of benzene rings is 3. The molecular weight excluding hydrogens is 288 g/mol. The van der Waals surface area contributed by atoms with Gasteiger partial charge < -0.3 is 10.2 Å². The molecule has 0 fully saturated rings. The summed E-state index contributed by atoms with van der Waals surface area (Å²) in [6.45, 7) is 0. The molecule has 3 heteroatoms. The SMILES string of the molecule is O=Cc1cccc(C(O)(c2ccccc2)c2ccccc2)c1O. The summed E-state index contributed by atoms with van der Waals surface area (Å²) in [6.07, 6.45) is 0.579. The second-order valence-electron chi connectivity index (χ2n) is 5.30. The topological polar surface area (TPSA) is 57.5 Å². The minimum absolute atomic E-state index is 0.146. The van der Waals surface area contributed by atoms with E-state index in [1.807, 2.05) is 36.4 Å². The first-order valence-electron chi connectivity index (χ1n) is 7.29. The third-order valence-corrected chi connectivity index (χ3v) is 3.97. The maximum Gasteiger partial charge on any atom is 0.153 e. The van der Waals surface area contributed by atoms with E-state index in [1.54, 1.807) is 36.4 Å². The molecule has 0 heterocycles. The van der Waals surface area contributed by atoms with Gasteiger partial charge in [-0.25, -0.2) is 0 Å². The number of aromatic hydroxyl groups is 1. The van der Waals surface area contributed by atoms with E-state index >= 15 is 0 Å². The maximum atomic E-state index is 11.6. The van der Waals surface area contributed by atoms with Gasteiger partial charge in [-0.15, -0.1) is 0 Å². The molecule has 0 bridgehead atoms. The zero-order valence-corrected chi connectivity index (χ0v) is 12.4. The zero-order chi connectivity index (χ0) is 16.3. The Morgan fingerprint density at radius 1 is 0.739 bits per heavy atom. The summed E-state index contributed by atoms with van der Waals surface area (Å²) in [4.78, 5) is 11.1. The highest BCUT2D eigenvalue weighted by Crippen LogP contribution is 2.41. The van der Waals surface area contributed by atoms with E-state index in [1.165, 1.54) is 6.07 Å². The first-order valence-corrected chi connectivity index (χ1v) is 7.29. The normalized spacial score (nSPS) is 11.2. The second kappa shape index (κ2) is 6.07. The molecule has 2 N–H and O–H groups in total. The summed E-state index contributed by atoms with van der Waals surface area (Å²) in [7, 11) is 0. The molecule has 0 aliphatic rings. The third-order valence-electron chi connectivity index (χ3n) is 3.97. The molecule has 0 saturated heterocycles. The summed E-state index contributed by atoms with van der Waals surface area (Å²) < 4.78 is 0. The molecule has 0 spiro atoms. The lowest BCUT2D eigenvalue weighted by Gasteiger charge is -2.31. The van der Waals surface area contributed by atoms with Gasteiger partial charge >= 0.3 is 0 Å². The molecule has 23 heavy (non-hydrogen) atoms. The van der Waals surface area contributed by atoms with Crippen LogP contribution in [0.1, 0.15) is 27.0 Å². The monoisotopic (exact) mass is 304 g/mol. The Balaban J connectivity index is 2.32. The molecule has 0 aromatic heterocycles. The summed E-state index contributed by atoms with van der Waals surface area (Å²) in [5.74, 6) is -0.210. The van der Waals surface area contributed by atoms with Gasteiger partial charge in [0.15, 0.2) is 6.29 Å². The van der Waals surface area contributed by atoms with Gasteiger partial charge in [-0.3, -0.25) is 4.79 Å². The minimum atomic E-state index is -1.55. The van der Waals surface area contributed by atoms with Gasteiger partial charge in [-0.2, -0.15) is 0 Å². The Hall–Kier alpha value is -2.91. The number of aldehydes is 1. The lowest BCUT2D eigenvalue weighted by atomic mass is 9.79. The van der Waals surface area contributed by atoms with E-state index in [4.69, 9.17) is 0 Å². The zero-order valence-electron chi connectivity index (χ0n) is 12.4. The lowest BCUT2D eigenvalue weighted by molar-refractivity contribution is 0.111. The highest BCUT2D eigenvalue weighted by atomic mass is 16.3. The lowest BCUT2D eigenvalue weighted by Crippen LogP contribution is -2.29. The van der Waals surface area contributed by atoms with Crippen molar-refractivity contribution in [3.05, 3.63) is 101 Å². The smallest absolute Gasteiger partial charge is 0.153 e. The van der Waals surface area contributed by atoms with Crippen LogP contribution in [0.2, 0.25) is 0 Å². The predicted molar refractivity (Wildman–Crippen MR) is 88.5 cm³/mol. The number of aliphatic hydroxyl groups is 1. The van der Waals surface area contributed by atoms with Crippen LogP contribution in [-0.4, -0.2) is 16.5 Å². The van der Waals surface area contributed by atoms with Crippen molar-refractivity contribution in [1.82, 2.24) is 0 Å². The van der Waals surface area contributed by atoms with Gasteiger partial charge in [0, 0.05) is 5.56 Å². The van der Waals surface area contributed by atoms with E-state index in [-0.39, 0.29) is 16.9 Å². The Labute approximate surface area is 134 Å². The molecule has 0 amide bonds. The maximum absolute atomic E-state index is 11.6. The second-order valence-corrected chi connectivity index (χ2v) is 5.30. The molecule has 0 aliphatic heterocycles. The van der Waals surface area contributed by atoms with Gasteiger partial charge in [0.1, 0.15) is 11.4 Å². The summed E-state index contributed by atoms with van der Waals surface area (Å²) in [5.41, 5.74) is 0.104. The Bertz CT molecular complexity index is 771. The molecular formula is C20H16O3. The molecule has 3 nitrogen and oxygen atoms in total. The molecule has 0 atom stereocenters. The van der Waals surface area contributed by atoms with Crippen molar-refractivity contribution in [2.45, 2.75) is 5.60 Å². The van der Waals surface area contributed by atoms with Crippen molar-refractivity contribution in [1.29, 1.82) is 0 Å². The average molecular weight is 304 g/mol. The van der Waals surface area contributed by atoms with Crippen molar-refractivity contribution < 1.29 is 15.0 Å². The van der Waals surface area contributed by atoms with Crippen LogP contribution in [0.25, 0.3) is 0 Å². The fourth-order valence-electron chi connectivity index (χ4n) is 2.78. The molecule has 114 valence electrons. The average Bonchev–Trinajstić information content (AvgIpc) is 2.63. The third kappa shape index (κ3) is 2.51. The first kappa shape index (κ1) is 15.0. The van der Waals surface area contributed by atoms with Crippen molar-refractivity contribution in [3.8, 4) is 5.75 Å². The van der Waals surface area contributed by atoms with E-state index < -0.39 is 5.60 Å². The molecule has 0 unspecified atom stereocenters. The Morgan fingerprint density at radius 2 is 1.26 bits per heavy atom. The van der Waals surface area contributed by atoms with Crippen LogP contribution in [0.15, 0.2) is 78.9 Å². The van der Waals surface area contributed by atoms with Gasteiger partial charge in [0.05, 0.1) is 5.56 Å². The van der Waals surface area contributed by atoms with Gasteiger partial charge in [-0.05, 0) is 17.2 Å². The number of hydrogen-bond acceptors (Lipinski definition) is 3. The molecule has 0 radical (unpaired) electrons. The van der Waals surface area contributed by atoms with Crippen LogP contribution >= 0.6 is 0 Å². The van der Waals surface area contributed by atoms with Gasteiger partial charge in [0.25, 0.3) is 0 Å². The van der Waals surface area contributed by atoms with Crippen LogP contribution in [-0.2, 0) is 5.60 Å². The molecule has 0 aliphatic carbocycles. The number of rotatable bonds is 4. The van der Waals surface area contributed by atoms with Gasteiger partial charge in [0.2, 0.25) is 0 Å². The minimum Gasteiger partial charge on any atom is -0.507 e. The fourth-order valence-corrected chi connectivity index (χ4v) is 2.78. The van der Waals surface area contributed by atoms with E-state index in [9.17, 15) is 15.0 Å². The standard InChI is InChI=1S/C20H16O3/c21-14-15-8-7-13-18(19(15)22)20(23,16-9-3-1-4-10-16)17-11-5-2-6-12-17/h1-14,22-23H. The highest BCUT2D eigenvalue weighted by Gasteiger charge is 2.36. The quantitative estimate of drug-likeness (QED) is 0.573. The van der Waals surface area contributed by atoms with Crippen molar-refractivity contribution >= 4 is 6.29 Å². The largest absolute Gasteiger partial charge is 0.507 e. The molecule has 3 rings (SSSR count). The highest BCUT2D eigenvalue weighted by molar-refractivity contribution is 5.80. The van der Waals surface area contributed by atoms with Crippen molar-refractivity contribution in [3.63, 3.8) is 0 Å². The van der Waals surface area contributed by atoms with Crippen LogP contribution < -0.4 is 0 Å². The number of hydrogen-bond donors (Lipinski definition) is 2. The number of phenols is 1. The van der Waals surface area contributed by atoms with Gasteiger partial charge in [-0.1, -0.05) is 72.8 Å². The molecule has 3 aromatic carbocycles. The van der Waals surface area contributed by atoms with Crippen LogP contribution in [0.3, 0.4) is 0 Å². The van der Waals surface area contributed by atoms with Crippen molar-refractivity contribution in [2.75, 3.05) is 0 Å². The summed E-state index contributed by atoms with van der Waals surface area (Å²) in [5, 5.41) is 22.0. The van der Waals surface area contributed by atoms with Crippen LogP contribution in [0, 0.1) is 0 Å². The molecule has 0 saturated carbocycles. The number of carbonyl (C=O) groups is 1.